The van der Waals surface area contributed by atoms with E-state index < -0.39 is 0 Å². The molecule has 0 aromatic heterocycles. The highest BCUT2D eigenvalue weighted by Crippen LogP contribution is 2.16. The summed E-state index contributed by atoms with van der Waals surface area (Å²) in [5, 5.41) is 6.81. The molecule has 4 nitrogen and oxygen atoms in total. The topological polar surface area (TPSA) is 58.2 Å². The molecule has 0 bridgehead atoms. The third-order valence-electron chi connectivity index (χ3n) is 4.32. The van der Waals surface area contributed by atoms with E-state index in [0.717, 1.165) is 25.1 Å². The van der Waals surface area contributed by atoms with Crippen LogP contribution in [0.2, 0.25) is 5.02 Å². The van der Waals surface area contributed by atoms with Gasteiger partial charge < -0.3 is 10.6 Å². The van der Waals surface area contributed by atoms with Crippen LogP contribution in [0.15, 0.2) is 48.5 Å². The zero-order valence-electron chi connectivity index (χ0n) is 13.9. The van der Waals surface area contributed by atoms with Gasteiger partial charge in [0.2, 0.25) is 0 Å². The Morgan fingerprint density at radius 3 is 2.56 bits per heavy atom. The van der Waals surface area contributed by atoms with Gasteiger partial charge in [-0.05, 0) is 55.3 Å². The highest BCUT2D eigenvalue weighted by atomic mass is 35.5. The van der Waals surface area contributed by atoms with E-state index in [1.165, 1.54) is 5.56 Å². The maximum absolute atomic E-state index is 12.2. The van der Waals surface area contributed by atoms with E-state index in [9.17, 15) is 9.59 Å². The van der Waals surface area contributed by atoms with E-state index in [-0.39, 0.29) is 5.91 Å². The number of aryl methyl sites for hydroxylation is 1. The summed E-state index contributed by atoms with van der Waals surface area (Å²) >= 11 is 5.91. The summed E-state index contributed by atoms with van der Waals surface area (Å²) in [5.74, 6) is 0.183. The second kappa shape index (κ2) is 8.28. The lowest BCUT2D eigenvalue weighted by molar-refractivity contribution is -0.125. The van der Waals surface area contributed by atoms with E-state index in [0.29, 0.717) is 35.3 Å². The number of hydrogen-bond donors (Lipinski definition) is 2. The van der Waals surface area contributed by atoms with Crippen molar-refractivity contribution in [3.05, 3.63) is 64.7 Å². The predicted octanol–water partition coefficient (Wildman–Crippen LogP) is 3.85. The fraction of sp³-hybridized carbons (Fsp3) is 0.300. The number of amides is 1. The van der Waals surface area contributed by atoms with Gasteiger partial charge in [-0.3, -0.25) is 9.59 Å². The first kappa shape index (κ1) is 17.6. The minimum absolute atomic E-state index is 0.172. The molecule has 1 fully saturated rings. The lowest BCUT2D eigenvalue weighted by Gasteiger charge is -2.25. The summed E-state index contributed by atoms with van der Waals surface area (Å²) in [4.78, 5) is 23.1. The molecule has 3 rings (SSSR count). The monoisotopic (exact) mass is 356 g/mol. The Labute approximate surface area is 152 Å². The highest BCUT2D eigenvalue weighted by Gasteiger charge is 2.25. The number of benzene rings is 2. The zero-order chi connectivity index (χ0) is 17.6. The molecule has 0 spiro atoms. The number of halogens is 1. The minimum Gasteiger partial charge on any atom is -0.322 e. The van der Waals surface area contributed by atoms with Gasteiger partial charge in [-0.15, -0.1) is 0 Å². The van der Waals surface area contributed by atoms with Gasteiger partial charge in [0.25, 0.3) is 5.91 Å². The van der Waals surface area contributed by atoms with Crippen molar-refractivity contribution >= 4 is 29.0 Å². The second-order valence-electron chi connectivity index (χ2n) is 6.36. The molecule has 1 aliphatic carbocycles. The van der Waals surface area contributed by atoms with E-state index in [1.54, 1.807) is 24.3 Å². The number of carbonyl (C=O) groups excluding carboxylic acids is 2. The van der Waals surface area contributed by atoms with Crippen LogP contribution in [0, 0.1) is 0 Å². The SMILES string of the molecule is O=C1CC(NCCCc2ccc(NC(=O)c3cccc(Cl)c3)cc2)C1. The molecule has 2 N–H and O–H groups in total. The Morgan fingerprint density at radius 1 is 1.12 bits per heavy atom. The van der Waals surface area contributed by atoms with Gasteiger partial charge in [0.05, 0.1) is 0 Å². The van der Waals surface area contributed by atoms with Crippen molar-refractivity contribution in [2.75, 3.05) is 11.9 Å². The summed E-state index contributed by atoms with van der Waals surface area (Å²) in [7, 11) is 0. The molecular weight excluding hydrogens is 336 g/mol. The smallest absolute Gasteiger partial charge is 0.255 e. The first-order valence-corrected chi connectivity index (χ1v) is 8.89. The van der Waals surface area contributed by atoms with Gasteiger partial charge in [-0.25, -0.2) is 0 Å². The van der Waals surface area contributed by atoms with Crippen molar-refractivity contribution in [1.82, 2.24) is 5.32 Å². The van der Waals surface area contributed by atoms with Gasteiger partial charge in [0.1, 0.15) is 5.78 Å². The molecule has 25 heavy (non-hydrogen) atoms. The summed E-state index contributed by atoms with van der Waals surface area (Å²) < 4.78 is 0. The van der Waals surface area contributed by atoms with E-state index in [4.69, 9.17) is 11.6 Å². The first-order valence-electron chi connectivity index (χ1n) is 8.51. The molecule has 0 unspecified atom stereocenters. The molecule has 0 heterocycles. The zero-order valence-corrected chi connectivity index (χ0v) is 14.7. The number of ketones is 1. The van der Waals surface area contributed by atoms with Crippen molar-refractivity contribution in [3.63, 3.8) is 0 Å². The summed E-state index contributed by atoms with van der Waals surface area (Å²) in [6, 6.07) is 15.1. The summed E-state index contributed by atoms with van der Waals surface area (Å²) in [6.07, 6.45) is 3.36. The minimum atomic E-state index is -0.172. The molecule has 0 saturated heterocycles. The molecule has 1 aliphatic rings. The van der Waals surface area contributed by atoms with Crippen LogP contribution in [0.4, 0.5) is 5.69 Å². The number of nitrogens with one attached hydrogen (secondary N) is 2. The van der Waals surface area contributed by atoms with Gasteiger partial charge in [-0.2, -0.15) is 0 Å². The number of Topliss-reactive ketones (excluding diaryl/α,β-unsaturated/α-hetero) is 1. The van der Waals surface area contributed by atoms with Crippen LogP contribution in [-0.4, -0.2) is 24.3 Å². The Bertz CT molecular complexity index is 751. The van der Waals surface area contributed by atoms with E-state index in [1.807, 2.05) is 24.3 Å². The standard InChI is InChI=1S/C20H21ClN2O2/c21-16-5-1-4-15(11-16)20(25)23-17-8-6-14(7-9-17)3-2-10-22-18-12-19(24)13-18/h1,4-9,11,18,22H,2-3,10,12-13H2,(H,23,25). The maximum Gasteiger partial charge on any atom is 0.255 e. The third-order valence-corrected chi connectivity index (χ3v) is 4.56. The summed E-state index contributed by atoms with van der Waals surface area (Å²) in [5.41, 5.74) is 2.53. The number of anilines is 1. The summed E-state index contributed by atoms with van der Waals surface area (Å²) in [6.45, 7) is 0.922. The Morgan fingerprint density at radius 2 is 1.88 bits per heavy atom. The molecule has 0 radical (unpaired) electrons. The Hall–Kier alpha value is -2.17. The molecule has 5 heteroatoms. The normalized spacial score (nSPS) is 14.2. The molecule has 130 valence electrons. The van der Waals surface area contributed by atoms with Crippen LogP contribution in [-0.2, 0) is 11.2 Å². The van der Waals surface area contributed by atoms with Gasteiger partial charge >= 0.3 is 0 Å². The second-order valence-corrected chi connectivity index (χ2v) is 6.80. The van der Waals surface area contributed by atoms with E-state index >= 15 is 0 Å². The van der Waals surface area contributed by atoms with Crippen molar-refractivity contribution in [2.45, 2.75) is 31.7 Å². The molecule has 2 aromatic rings. The third kappa shape index (κ3) is 5.15. The fourth-order valence-electron chi connectivity index (χ4n) is 2.82. The van der Waals surface area contributed by atoms with Gasteiger partial charge in [0.15, 0.2) is 0 Å². The Balaban J connectivity index is 1.43. The molecule has 1 saturated carbocycles. The molecule has 0 aliphatic heterocycles. The number of carbonyl (C=O) groups is 2. The van der Waals surface area contributed by atoms with Crippen LogP contribution in [0.1, 0.15) is 35.2 Å². The average Bonchev–Trinajstić information content (AvgIpc) is 2.58. The lowest BCUT2D eigenvalue weighted by Crippen LogP contribution is -2.41. The molecule has 0 atom stereocenters. The fourth-order valence-corrected chi connectivity index (χ4v) is 3.01. The van der Waals surface area contributed by atoms with Crippen molar-refractivity contribution < 1.29 is 9.59 Å². The average molecular weight is 357 g/mol. The van der Waals surface area contributed by atoms with Crippen molar-refractivity contribution in [2.24, 2.45) is 0 Å². The number of rotatable bonds is 7. The van der Waals surface area contributed by atoms with Crippen LogP contribution in [0.3, 0.4) is 0 Å². The number of hydrogen-bond acceptors (Lipinski definition) is 3. The lowest BCUT2D eigenvalue weighted by atomic mass is 9.91. The molecule has 2 aromatic carbocycles. The van der Waals surface area contributed by atoms with Crippen LogP contribution in [0.25, 0.3) is 0 Å². The maximum atomic E-state index is 12.2. The predicted molar refractivity (Wildman–Crippen MR) is 100 cm³/mol. The molecular formula is C20H21ClN2O2. The van der Waals surface area contributed by atoms with Crippen molar-refractivity contribution in [3.8, 4) is 0 Å². The van der Waals surface area contributed by atoms with Gasteiger partial charge in [0, 0.05) is 35.2 Å². The van der Waals surface area contributed by atoms with E-state index in [2.05, 4.69) is 10.6 Å². The van der Waals surface area contributed by atoms with Gasteiger partial charge in [-0.1, -0.05) is 29.8 Å². The van der Waals surface area contributed by atoms with Crippen LogP contribution >= 0.6 is 11.6 Å². The largest absolute Gasteiger partial charge is 0.322 e. The quantitative estimate of drug-likeness (QED) is 0.741. The highest BCUT2D eigenvalue weighted by molar-refractivity contribution is 6.31. The Kier molecular flexibility index (Phi) is 5.84. The first-order chi connectivity index (χ1) is 12.1. The van der Waals surface area contributed by atoms with Crippen LogP contribution < -0.4 is 10.6 Å². The van der Waals surface area contributed by atoms with Crippen molar-refractivity contribution in [1.29, 1.82) is 0 Å². The van der Waals surface area contributed by atoms with Crippen LogP contribution in [0.5, 0.6) is 0 Å². The molecule has 1 amide bonds.